The second-order valence-electron chi connectivity index (χ2n) is 5.83. The molecule has 0 unspecified atom stereocenters. The molecule has 0 saturated heterocycles. The second-order valence-corrected chi connectivity index (χ2v) is 5.83. The Morgan fingerprint density at radius 3 is 2.38 bits per heavy atom. The number of nitrogens with zero attached hydrogens (tertiary/aromatic N) is 2. The van der Waals surface area contributed by atoms with Crippen molar-refractivity contribution >= 4 is 29.1 Å². The highest BCUT2D eigenvalue weighted by Gasteiger charge is 2.16. The molecule has 29 heavy (non-hydrogen) atoms. The molecule has 2 aromatic carbocycles. The van der Waals surface area contributed by atoms with E-state index >= 15 is 0 Å². The maximum atomic E-state index is 12.5. The monoisotopic (exact) mass is 392 g/mol. The minimum Gasteiger partial charge on any atom is -0.495 e. The zero-order valence-electron chi connectivity index (χ0n) is 16.0. The van der Waals surface area contributed by atoms with Crippen LogP contribution in [-0.2, 0) is 4.74 Å². The third kappa shape index (κ3) is 4.86. The number of carbonyl (C=O) groups excluding carboxylic acids is 2. The summed E-state index contributed by atoms with van der Waals surface area (Å²) < 4.78 is 10.3. The van der Waals surface area contributed by atoms with Crippen molar-refractivity contribution in [3.63, 3.8) is 0 Å². The number of esters is 1. The van der Waals surface area contributed by atoms with Crippen LogP contribution in [0.3, 0.4) is 0 Å². The van der Waals surface area contributed by atoms with E-state index in [-0.39, 0.29) is 17.9 Å². The Bertz CT molecular complexity index is 1010. The van der Waals surface area contributed by atoms with E-state index < -0.39 is 11.9 Å². The van der Waals surface area contributed by atoms with Gasteiger partial charge in [0, 0.05) is 0 Å². The summed E-state index contributed by atoms with van der Waals surface area (Å²) >= 11 is 0. The number of amides is 1. The van der Waals surface area contributed by atoms with Gasteiger partial charge in [-0.3, -0.25) is 4.79 Å². The number of anilines is 3. The van der Waals surface area contributed by atoms with E-state index in [1.165, 1.54) is 12.4 Å². The van der Waals surface area contributed by atoms with E-state index in [1.807, 2.05) is 24.3 Å². The van der Waals surface area contributed by atoms with Crippen molar-refractivity contribution < 1.29 is 19.1 Å². The van der Waals surface area contributed by atoms with Crippen molar-refractivity contribution in [2.45, 2.75) is 6.92 Å². The molecule has 3 rings (SSSR count). The summed E-state index contributed by atoms with van der Waals surface area (Å²) in [7, 11) is 1.58. The predicted octanol–water partition coefficient (Wildman–Crippen LogP) is 3.66. The molecule has 0 fully saturated rings. The molecule has 2 N–H and O–H groups in total. The first kappa shape index (κ1) is 19.8. The highest BCUT2D eigenvalue weighted by molar-refractivity contribution is 6.07. The molecule has 8 heteroatoms. The summed E-state index contributed by atoms with van der Waals surface area (Å²) in [6, 6.07) is 14.0. The van der Waals surface area contributed by atoms with E-state index in [2.05, 4.69) is 20.6 Å². The Balaban J connectivity index is 1.72. The number of para-hydroxylation sites is 3. The minimum absolute atomic E-state index is 0.106. The third-order valence-electron chi connectivity index (χ3n) is 3.92. The lowest BCUT2D eigenvalue weighted by Gasteiger charge is -2.11. The van der Waals surface area contributed by atoms with Crippen LogP contribution in [-0.4, -0.2) is 35.6 Å². The molecule has 0 bridgehead atoms. The molecular formula is C21H20N4O4. The first-order chi connectivity index (χ1) is 14.1. The van der Waals surface area contributed by atoms with E-state index in [1.54, 1.807) is 38.3 Å². The Labute approximate surface area is 167 Å². The fraction of sp³-hybridized carbons (Fsp3) is 0.143. The summed E-state index contributed by atoms with van der Waals surface area (Å²) in [4.78, 5) is 32.9. The van der Waals surface area contributed by atoms with Crippen LogP contribution in [0.4, 0.5) is 17.2 Å². The Kier molecular flexibility index (Phi) is 6.36. The summed E-state index contributed by atoms with van der Waals surface area (Å²) in [6.45, 7) is 1.96. The SMILES string of the molecule is CCOC(=O)c1ccccc1NC(=O)c1cnc(Nc2ccccc2OC)cn1. The Hall–Kier alpha value is -3.94. The van der Waals surface area contributed by atoms with Crippen LogP contribution in [0.25, 0.3) is 0 Å². The number of benzene rings is 2. The van der Waals surface area contributed by atoms with Gasteiger partial charge in [-0.2, -0.15) is 0 Å². The predicted molar refractivity (Wildman–Crippen MR) is 109 cm³/mol. The molecule has 0 spiro atoms. The minimum atomic E-state index is -0.508. The van der Waals surface area contributed by atoms with Gasteiger partial charge in [0.05, 0.1) is 43.0 Å². The largest absolute Gasteiger partial charge is 0.495 e. The summed E-state index contributed by atoms with van der Waals surface area (Å²) in [5.74, 6) is 0.119. The van der Waals surface area contributed by atoms with Crippen LogP contribution in [0.2, 0.25) is 0 Å². The van der Waals surface area contributed by atoms with Gasteiger partial charge in [-0.1, -0.05) is 24.3 Å². The van der Waals surface area contributed by atoms with Crippen molar-refractivity contribution in [2.75, 3.05) is 24.4 Å². The number of hydrogen-bond donors (Lipinski definition) is 2. The second kappa shape index (κ2) is 9.32. The lowest BCUT2D eigenvalue weighted by molar-refractivity contribution is 0.0527. The summed E-state index contributed by atoms with van der Waals surface area (Å²) in [6.07, 6.45) is 2.79. The smallest absolute Gasteiger partial charge is 0.340 e. The number of rotatable bonds is 7. The highest BCUT2D eigenvalue weighted by atomic mass is 16.5. The van der Waals surface area contributed by atoms with Crippen LogP contribution < -0.4 is 15.4 Å². The van der Waals surface area contributed by atoms with E-state index in [9.17, 15) is 9.59 Å². The number of ether oxygens (including phenoxy) is 2. The van der Waals surface area contributed by atoms with Gasteiger partial charge < -0.3 is 20.1 Å². The first-order valence-corrected chi connectivity index (χ1v) is 8.92. The lowest BCUT2D eigenvalue weighted by Crippen LogP contribution is -2.17. The summed E-state index contributed by atoms with van der Waals surface area (Å²) in [5, 5.41) is 5.76. The van der Waals surface area contributed by atoms with E-state index in [0.29, 0.717) is 17.3 Å². The average molecular weight is 392 g/mol. The molecular weight excluding hydrogens is 372 g/mol. The Morgan fingerprint density at radius 2 is 1.69 bits per heavy atom. The third-order valence-corrected chi connectivity index (χ3v) is 3.92. The molecule has 3 aromatic rings. The molecule has 1 amide bonds. The van der Waals surface area contributed by atoms with E-state index in [4.69, 9.17) is 9.47 Å². The molecule has 0 saturated carbocycles. The van der Waals surface area contributed by atoms with Crippen molar-refractivity contribution in [1.29, 1.82) is 0 Å². The van der Waals surface area contributed by atoms with Crippen LogP contribution in [0.1, 0.15) is 27.8 Å². The van der Waals surface area contributed by atoms with Crippen LogP contribution in [0, 0.1) is 0 Å². The molecule has 0 aliphatic carbocycles. The van der Waals surface area contributed by atoms with Crippen LogP contribution in [0.5, 0.6) is 5.75 Å². The lowest BCUT2D eigenvalue weighted by atomic mass is 10.1. The highest BCUT2D eigenvalue weighted by Crippen LogP contribution is 2.25. The van der Waals surface area contributed by atoms with Crippen molar-refractivity contribution in [2.24, 2.45) is 0 Å². The molecule has 1 aromatic heterocycles. The van der Waals surface area contributed by atoms with Crippen LogP contribution >= 0.6 is 0 Å². The normalized spacial score (nSPS) is 10.1. The topological polar surface area (TPSA) is 102 Å². The van der Waals surface area contributed by atoms with E-state index in [0.717, 1.165) is 5.69 Å². The molecule has 0 atom stereocenters. The van der Waals surface area contributed by atoms with Gasteiger partial charge in [0.2, 0.25) is 0 Å². The first-order valence-electron chi connectivity index (χ1n) is 8.92. The fourth-order valence-electron chi connectivity index (χ4n) is 2.56. The summed E-state index contributed by atoms with van der Waals surface area (Å²) in [5.41, 5.74) is 1.44. The maximum absolute atomic E-state index is 12.5. The average Bonchev–Trinajstić information content (AvgIpc) is 2.75. The van der Waals surface area contributed by atoms with Gasteiger partial charge in [0.1, 0.15) is 17.3 Å². The van der Waals surface area contributed by atoms with Gasteiger partial charge in [0.25, 0.3) is 5.91 Å². The van der Waals surface area contributed by atoms with Gasteiger partial charge in [-0.05, 0) is 31.2 Å². The number of aromatic nitrogens is 2. The molecule has 0 aliphatic heterocycles. The van der Waals surface area contributed by atoms with Gasteiger partial charge >= 0.3 is 5.97 Å². The Morgan fingerprint density at radius 1 is 0.966 bits per heavy atom. The zero-order chi connectivity index (χ0) is 20.6. The fourth-order valence-corrected chi connectivity index (χ4v) is 2.56. The molecule has 8 nitrogen and oxygen atoms in total. The standard InChI is InChI=1S/C21H20N4O4/c1-3-29-21(27)14-8-4-5-9-15(14)25-20(26)17-12-23-19(13-22-17)24-16-10-6-7-11-18(16)28-2/h4-13H,3H2,1-2H3,(H,23,24)(H,25,26). The van der Waals surface area contributed by atoms with Crippen molar-refractivity contribution in [3.8, 4) is 5.75 Å². The quantitative estimate of drug-likeness (QED) is 0.592. The number of methoxy groups -OCH3 is 1. The molecule has 1 heterocycles. The van der Waals surface area contributed by atoms with Crippen molar-refractivity contribution in [3.05, 3.63) is 72.2 Å². The molecule has 0 aliphatic rings. The van der Waals surface area contributed by atoms with Gasteiger partial charge in [0.15, 0.2) is 0 Å². The van der Waals surface area contributed by atoms with Crippen molar-refractivity contribution in [1.82, 2.24) is 9.97 Å². The van der Waals surface area contributed by atoms with Gasteiger partial charge in [-0.15, -0.1) is 0 Å². The zero-order valence-corrected chi connectivity index (χ0v) is 16.0. The number of hydrogen-bond acceptors (Lipinski definition) is 7. The maximum Gasteiger partial charge on any atom is 0.340 e. The van der Waals surface area contributed by atoms with Gasteiger partial charge in [-0.25, -0.2) is 14.8 Å². The molecule has 148 valence electrons. The molecule has 0 radical (unpaired) electrons. The van der Waals surface area contributed by atoms with Crippen LogP contribution in [0.15, 0.2) is 60.9 Å². The number of nitrogens with one attached hydrogen (secondary N) is 2. The number of carbonyl (C=O) groups is 2.